The van der Waals surface area contributed by atoms with Crippen LogP contribution in [0.25, 0.3) is 0 Å². The second-order valence-electron chi connectivity index (χ2n) is 3.79. The molecule has 0 rings (SSSR count). The third kappa shape index (κ3) is 11.6. The molecule has 7 heteroatoms. The fraction of sp³-hybridized carbons (Fsp3) is 0.900. The molecule has 102 valence electrons. The summed E-state index contributed by atoms with van der Waals surface area (Å²) in [5, 5.41) is 0. The van der Waals surface area contributed by atoms with Crippen molar-refractivity contribution in [2.45, 2.75) is 6.92 Å². The Hall–Kier alpha value is -0.660. The van der Waals surface area contributed by atoms with Crippen molar-refractivity contribution in [3.8, 4) is 0 Å². The number of esters is 1. The Morgan fingerprint density at radius 1 is 1.29 bits per heavy atom. The van der Waals surface area contributed by atoms with E-state index in [0.29, 0.717) is 26.3 Å². The lowest BCUT2D eigenvalue weighted by molar-refractivity contribution is -0.148. The van der Waals surface area contributed by atoms with Crippen LogP contribution in [-0.2, 0) is 24.1 Å². The van der Waals surface area contributed by atoms with Crippen molar-refractivity contribution in [1.82, 2.24) is 4.90 Å². The van der Waals surface area contributed by atoms with E-state index in [0.717, 1.165) is 0 Å². The maximum Gasteiger partial charge on any atom is 0.332 e. The Kier molecular flexibility index (Phi) is 8.11. The maximum atomic E-state index is 10.9. The number of sulfone groups is 1. The van der Waals surface area contributed by atoms with Crippen molar-refractivity contribution in [3.05, 3.63) is 0 Å². The van der Waals surface area contributed by atoms with Gasteiger partial charge in [0.15, 0.2) is 0 Å². The lowest BCUT2D eigenvalue weighted by Crippen LogP contribution is -2.29. The van der Waals surface area contributed by atoms with Gasteiger partial charge in [0.2, 0.25) is 0 Å². The van der Waals surface area contributed by atoms with Crippen molar-refractivity contribution in [1.29, 1.82) is 0 Å². The van der Waals surface area contributed by atoms with Gasteiger partial charge in [-0.15, -0.1) is 0 Å². The number of carbonyl (C=O) groups is 1. The van der Waals surface area contributed by atoms with Crippen LogP contribution >= 0.6 is 0 Å². The molecule has 0 unspecified atom stereocenters. The van der Waals surface area contributed by atoms with Gasteiger partial charge in [-0.3, -0.25) is 0 Å². The summed E-state index contributed by atoms with van der Waals surface area (Å²) in [6.45, 7) is 3.43. The predicted octanol–water partition coefficient (Wildman–Crippen LogP) is -0.457. The van der Waals surface area contributed by atoms with Gasteiger partial charge in [-0.2, -0.15) is 0 Å². The van der Waals surface area contributed by atoms with Crippen LogP contribution in [0.1, 0.15) is 6.92 Å². The third-order valence-corrected chi connectivity index (χ3v) is 2.91. The highest BCUT2D eigenvalue weighted by Crippen LogP contribution is 1.89. The zero-order chi connectivity index (χ0) is 13.3. The van der Waals surface area contributed by atoms with E-state index in [1.54, 1.807) is 14.0 Å². The highest BCUT2D eigenvalue weighted by atomic mass is 32.2. The van der Waals surface area contributed by atoms with Crippen molar-refractivity contribution in [2.24, 2.45) is 0 Å². The number of nitrogens with zero attached hydrogens (tertiary/aromatic N) is 1. The van der Waals surface area contributed by atoms with E-state index in [1.165, 1.54) is 6.26 Å². The van der Waals surface area contributed by atoms with Gasteiger partial charge in [-0.1, -0.05) is 0 Å². The fourth-order valence-electron chi connectivity index (χ4n) is 1.01. The zero-order valence-corrected chi connectivity index (χ0v) is 11.5. The molecule has 0 aromatic carbocycles. The number of likely N-dealkylation sites (N-methyl/N-ethyl adjacent to an activating group) is 1. The molecule has 17 heavy (non-hydrogen) atoms. The minimum atomic E-state index is -2.93. The van der Waals surface area contributed by atoms with Crippen LogP contribution in [0, 0.1) is 0 Å². The third-order valence-electron chi connectivity index (χ3n) is 1.99. The van der Waals surface area contributed by atoms with Crippen LogP contribution in [0.2, 0.25) is 0 Å². The van der Waals surface area contributed by atoms with Crippen LogP contribution in [-0.4, -0.2) is 71.3 Å². The Morgan fingerprint density at radius 3 is 2.47 bits per heavy atom. The summed E-state index contributed by atoms with van der Waals surface area (Å²) in [4.78, 5) is 12.7. The quantitative estimate of drug-likeness (QED) is 0.416. The molecule has 0 aliphatic rings. The van der Waals surface area contributed by atoms with Gasteiger partial charge in [0.05, 0.1) is 19.0 Å². The highest BCUT2D eigenvalue weighted by Gasteiger charge is 2.06. The summed E-state index contributed by atoms with van der Waals surface area (Å²) in [5.41, 5.74) is 0. The van der Waals surface area contributed by atoms with E-state index < -0.39 is 9.84 Å². The lowest BCUT2D eigenvalue weighted by Gasteiger charge is -2.15. The van der Waals surface area contributed by atoms with Crippen molar-refractivity contribution < 1.29 is 22.7 Å². The molecule has 0 amide bonds. The van der Waals surface area contributed by atoms with Crippen LogP contribution < -0.4 is 0 Å². The smallest absolute Gasteiger partial charge is 0.332 e. The van der Waals surface area contributed by atoms with Gasteiger partial charge in [0.25, 0.3) is 0 Å². The molecule has 0 spiro atoms. The second-order valence-corrected chi connectivity index (χ2v) is 6.05. The summed E-state index contributed by atoms with van der Waals surface area (Å²) in [7, 11) is -1.12. The van der Waals surface area contributed by atoms with E-state index in [-0.39, 0.29) is 18.3 Å². The molecule has 0 aliphatic heterocycles. The molecule has 0 aromatic rings. The van der Waals surface area contributed by atoms with Crippen molar-refractivity contribution in [2.75, 3.05) is 52.0 Å². The SMILES string of the molecule is CCOC(=O)COCCN(C)CCS(C)(=O)=O. The Bertz CT molecular complexity index is 315. The van der Waals surface area contributed by atoms with Gasteiger partial charge >= 0.3 is 5.97 Å². The molecular formula is C10H21NO5S. The molecule has 0 radical (unpaired) electrons. The average Bonchev–Trinajstić information content (AvgIpc) is 2.21. The Morgan fingerprint density at radius 2 is 1.94 bits per heavy atom. The monoisotopic (exact) mass is 267 g/mol. The topological polar surface area (TPSA) is 72.9 Å². The molecule has 6 nitrogen and oxygen atoms in total. The predicted molar refractivity (Wildman–Crippen MR) is 64.7 cm³/mol. The second kappa shape index (κ2) is 8.43. The van der Waals surface area contributed by atoms with Gasteiger partial charge < -0.3 is 14.4 Å². The number of carbonyl (C=O) groups excluding carboxylic acids is 1. The van der Waals surface area contributed by atoms with Crippen molar-refractivity contribution in [3.63, 3.8) is 0 Å². The van der Waals surface area contributed by atoms with Crippen LogP contribution in [0.5, 0.6) is 0 Å². The van der Waals surface area contributed by atoms with Crippen LogP contribution in [0.15, 0.2) is 0 Å². The Balaban J connectivity index is 3.52. The minimum Gasteiger partial charge on any atom is -0.464 e. The first-order chi connectivity index (χ1) is 7.85. The minimum absolute atomic E-state index is 0.0617. The number of ether oxygens (including phenoxy) is 2. The molecular weight excluding hydrogens is 246 g/mol. The van der Waals surface area contributed by atoms with E-state index in [4.69, 9.17) is 4.74 Å². The highest BCUT2D eigenvalue weighted by molar-refractivity contribution is 7.90. The molecule has 0 saturated heterocycles. The van der Waals surface area contributed by atoms with Crippen molar-refractivity contribution >= 4 is 15.8 Å². The first-order valence-electron chi connectivity index (χ1n) is 5.44. The molecule has 0 aliphatic carbocycles. The largest absolute Gasteiger partial charge is 0.464 e. The molecule has 0 fully saturated rings. The average molecular weight is 267 g/mol. The van der Waals surface area contributed by atoms with Crippen LogP contribution in [0.3, 0.4) is 0 Å². The fourth-order valence-corrected chi connectivity index (χ4v) is 1.66. The molecule has 0 heterocycles. The summed E-state index contributed by atoms with van der Waals surface area (Å²) in [6, 6.07) is 0. The molecule has 0 saturated carbocycles. The van der Waals surface area contributed by atoms with E-state index >= 15 is 0 Å². The summed E-state index contributed by atoms with van der Waals surface area (Å²) >= 11 is 0. The van der Waals surface area contributed by atoms with E-state index in [2.05, 4.69) is 4.74 Å². The lowest BCUT2D eigenvalue weighted by atomic mass is 10.5. The number of rotatable bonds is 9. The first kappa shape index (κ1) is 16.3. The molecule has 0 bridgehead atoms. The van der Waals surface area contributed by atoms with E-state index in [1.807, 2.05) is 4.90 Å². The molecule has 0 N–H and O–H groups in total. The van der Waals surface area contributed by atoms with Gasteiger partial charge in [-0.05, 0) is 14.0 Å². The summed E-state index contributed by atoms with van der Waals surface area (Å²) in [5.74, 6) is -0.257. The molecule has 0 aromatic heterocycles. The maximum absolute atomic E-state index is 10.9. The normalized spacial score (nSPS) is 11.8. The summed E-state index contributed by atoms with van der Waals surface area (Å²) < 4.78 is 31.6. The van der Waals surface area contributed by atoms with Crippen LogP contribution in [0.4, 0.5) is 0 Å². The first-order valence-corrected chi connectivity index (χ1v) is 7.51. The van der Waals surface area contributed by atoms with E-state index in [9.17, 15) is 13.2 Å². The molecule has 0 atom stereocenters. The van der Waals surface area contributed by atoms with Gasteiger partial charge in [-0.25, -0.2) is 13.2 Å². The standard InChI is InChI=1S/C10H21NO5S/c1-4-16-10(12)9-15-7-5-11(2)6-8-17(3,13)14/h4-9H2,1-3H3. The van der Waals surface area contributed by atoms with Gasteiger partial charge in [0, 0.05) is 19.3 Å². The number of hydrogen-bond acceptors (Lipinski definition) is 6. The summed E-state index contributed by atoms with van der Waals surface area (Å²) in [6.07, 6.45) is 1.21. The Labute approximate surface area is 103 Å². The number of hydrogen-bond donors (Lipinski definition) is 0. The zero-order valence-electron chi connectivity index (χ0n) is 10.6. The van der Waals surface area contributed by atoms with Gasteiger partial charge in [0.1, 0.15) is 16.4 Å².